The van der Waals surface area contributed by atoms with Crippen LogP contribution in [0.1, 0.15) is 18.6 Å². The molecule has 0 saturated heterocycles. The van der Waals surface area contributed by atoms with Gasteiger partial charge in [0.2, 0.25) is 6.10 Å². The number of terminal acetylenes is 1. The zero-order valence-corrected chi connectivity index (χ0v) is 9.34. The van der Waals surface area contributed by atoms with Gasteiger partial charge in [0.05, 0.1) is 0 Å². The molecule has 0 aliphatic heterocycles. The molecule has 0 aliphatic rings. The topological polar surface area (TPSA) is 59.3 Å². The molecule has 0 amide bonds. The van der Waals surface area contributed by atoms with E-state index in [9.17, 15) is 4.79 Å². The van der Waals surface area contributed by atoms with E-state index in [1.54, 1.807) is 24.3 Å². The summed E-state index contributed by atoms with van der Waals surface area (Å²) >= 11 is 0. The highest BCUT2D eigenvalue weighted by molar-refractivity contribution is 5.66. The molecule has 1 unspecified atom stereocenters. The molecule has 0 spiro atoms. The minimum Gasteiger partial charge on any atom is -0.481 e. The first-order chi connectivity index (χ1) is 8.17. The van der Waals surface area contributed by atoms with Crippen LogP contribution in [0.15, 0.2) is 24.3 Å². The van der Waals surface area contributed by atoms with Crippen LogP contribution in [0, 0.1) is 23.7 Å². The molecule has 1 rings (SSSR count). The van der Waals surface area contributed by atoms with Crippen LogP contribution >= 0.6 is 0 Å². The lowest BCUT2D eigenvalue weighted by molar-refractivity contribution is -0.144. The van der Waals surface area contributed by atoms with Gasteiger partial charge in [0.15, 0.2) is 0 Å². The maximum atomic E-state index is 10.8. The first-order valence-electron chi connectivity index (χ1n) is 4.90. The van der Waals surface area contributed by atoms with Crippen molar-refractivity contribution in [2.75, 3.05) is 6.61 Å². The van der Waals surface area contributed by atoms with E-state index in [2.05, 4.69) is 5.92 Å². The minimum atomic E-state index is -0.929. The molecule has 0 heterocycles. The fraction of sp³-hybridized carbons (Fsp3) is 0.231. The van der Waals surface area contributed by atoms with Crippen molar-refractivity contribution in [3.8, 4) is 24.2 Å². The normalized spacial score (nSPS) is 10.8. The van der Waals surface area contributed by atoms with Crippen LogP contribution in [-0.4, -0.2) is 12.6 Å². The van der Waals surface area contributed by atoms with Crippen molar-refractivity contribution in [3.63, 3.8) is 0 Å². The van der Waals surface area contributed by atoms with Gasteiger partial charge in [-0.15, -0.1) is 6.42 Å². The summed E-state index contributed by atoms with van der Waals surface area (Å²) < 4.78 is 10.1. The van der Waals surface area contributed by atoms with Crippen LogP contribution in [0.25, 0.3) is 0 Å². The number of esters is 1. The van der Waals surface area contributed by atoms with Gasteiger partial charge in [0.25, 0.3) is 0 Å². The van der Waals surface area contributed by atoms with Crippen LogP contribution < -0.4 is 4.74 Å². The number of hydrogen-bond acceptors (Lipinski definition) is 4. The van der Waals surface area contributed by atoms with E-state index >= 15 is 0 Å². The Morgan fingerprint density at radius 2 is 2.35 bits per heavy atom. The highest BCUT2D eigenvalue weighted by Crippen LogP contribution is 2.21. The van der Waals surface area contributed by atoms with Gasteiger partial charge < -0.3 is 9.47 Å². The fourth-order valence-corrected chi connectivity index (χ4v) is 1.23. The van der Waals surface area contributed by atoms with E-state index in [1.807, 2.05) is 6.07 Å². The van der Waals surface area contributed by atoms with Crippen LogP contribution in [0.4, 0.5) is 0 Å². The smallest absolute Gasteiger partial charge is 0.304 e. The molecule has 0 N–H and O–H groups in total. The number of carbonyl (C=O) groups excluding carboxylic acids is 1. The monoisotopic (exact) mass is 229 g/mol. The van der Waals surface area contributed by atoms with Crippen molar-refractivity contribution >= 4 is 5.97 Å². The highest BCUT2D eigenvalue weighted by atomic mass is 16.5. The number of rotatable bonds is 4. The van der Waals surface area contributed by atoms with Crippen molar-refractivity contribution in [2.45, 2.75) is 13.0 Å². The van der Waals surface area contributed by atoms with Gasteiger partial charge in [-0.05, 0) is 12.1 Å². The first kappa shape index (κ1) is 12.6. The Morgan fingerprint density at radius 1 is 1.59 bits per heavy atom. The van der Waals surface area contributed by atoms with Gasteiger partial charge in [-0.2, -0.15) is 5.26 Å². The SMILES string of the molecule is C#CCOc1cccc(C(C#N)OC(C)=O)c1. The van der Waals surface area contributed by atoms with Gasteiger partial charge >= 0.3 is 5.97 Å². The van der Waals surface area contributed by atoms with Crippen molar-refractivity contribution in [3.05, 3.63) is 29.8 Å². The second kappa shape index (κ2) is 6.19. The van der Waals surface area contributed by atoms with E-state index in [-0.39, 0.29) is 6.61 Å². The van der Waals surface area contributed by atoms with Crippen LogP contribution in [-0.2, 0) is 9.53 Å². The molecule has 4 heteroatoms. The summed E-state index contributed by atoms with van der Waals surface area (Å²) in [5, 5.41) is 8.89. The maximum Gasteiger partial charge on any atom is 0.304 e. The summed E-state index contributed by atoms with van der Waals surface area (Å²) in [6.07, 6.45) is 4.14. The summed E-state index contributed by atoms with van der Waals surface area (Å²) in [5.41, 5.74) is 0.553. The van der Waals surface area contributed by atoms with Crippen molar-refractivity contribution in [1.82, 2.24) is 0 Å². The van der Waals surface area contributed by atoms with Crippen LogP contribution in [0.2, 0.25) is 0 Å². The molecule has 1 aromatic rings. The zero-order valence-electron chi connectivity index (χ0n) is 9.34. The van der Waals surface area contributed by atoms with Gasteiger partial charge in [-0.1, -0.05) is 18.1 Å². The lowest BCUT2D eigenvalue weighted by atomic mass is 10.1. The van der Waals surface area contributed by atoms with E-state index < -0.39 is 12.1 Å². The van der Waals surface area contributed by atoms with E-state index in [0.29, 0.717) is 11.3 Å². The van der Waals surface area contributed by atoms with Crippen LogP contribution in [0.3, 0.4) is 0 Å². The molecule has 0 saturated carbocycles. The maximum absolute atomic E-state index is 10.8. The van der Waals surface area contributed by atoms with E-state index in [1.165, 1.54) is 6.92 Å². The second-order valence-corrected chi connectivity index (χ2v) is 3.18. The lowest BCUT2D eigenvalue weighted by Crippen LogP contribution is -2.06. The fourth-order valence-electron chi connectivity index (χ4n) is 1.23. The summed E-state index contributed by atoms with van der Waals surface area (Å²) in [7, 11) is 0. The molecule has 0 bridgehead atoms. The summed E-state index contributed by atoms with van der Waals surface area (Å²) in [6.45, 7) is 1.40. The molecule has 0 fully saturated rings. The predicted octanol–water partition coefficient (Wildman–Crippen LogP) is 1.83. The molecule has 1 aromatic carbocycles. The van der Waals surface area contributed by atoms with Gasteiger partial charge in [-0.3, -0.25) is 4.79 Å². The summed E-state index contributed by atoms with van der Waals surface area (Å²) in [4.78, 5) is 10.8. The number of nitriles is 1. The third kappa shape index (κ3) is 3.89. The molecule has 4 nitrogen and oxygen atoms in total. The average molecular weight is 229 g/mol. The summed E-state index contributed by atoms with van der Waals surface area (Å²) in [6, 6.07) is 8.61. The quantitative estimate of drug-likeness (QED) is 0.583. The Morgan fingerprint density at radius 3 is 2.94 bits per heavy atom. The predicted molar refractivity (Wildman–Crippen MR) is 60.9 cm³/mol. The molecule has 0 radical (unpaired) electrons. The molecule has 86 valence electrons. The Kier molecular flexibility index (Phi) is 4.59. The highest BCUT2D eigenvalue weighted by Gasteiger charge is 2.14. The lowest BCUT2D eigenvalue weighted by Gasteiger charge is -2.10. The van der Waals surface area contributed by atoms with E-state index in [0.717, 1.165) is 0 Å². The Labute approximate surface area is 99.8 Å². The number of hydrogen-bond donors (Lipinski definition) is 0. The van der Waals surface area contributed by atoms with E-state index in [4.69, 9.17) is 21.2 Å². The first-order valence-corrected chi connectivity index (χ1v) is 4.90. The molecule has 0 aliphatic carbocycles. The second-order valence-electron chi connectivity index (χ2n) is 3.18. The third-order valence-electron chi connectivity index (χ3n) is 1.88. The Bertz CT molecular complexity index is 482. The molecule has 1 atom stereocenters. The number of ether oxygens (including phenoxy) is 2. The largest absolute Gasteiger partial charge is 0.481 e. The molecule has 0 aromatic heterocycles. The number of benzene rings is 1. The zero-order chi connectivity index (χ0) is 12.7. The van der Waals surface area contributed by atoms with Crippen LogP contribution in [0.5, 0.6) is 5.75 Å². The Hall–Kier alpha value is -2.46. The van der Waals surface area contributed by atoms with Crippen molar-refractivity contribution in [2.24, 2.45) is 0 Å². The van der Waals surface area contributed by atoms with Gasteiger partial charge in [0.1, 0.15) is 18.4 Å². The Balaban J connectivity index is 2.86. The third-order valence-corrected chi connectivity index (χ3v) is 1.88. The molecular weight excluding hydrogens is 218 g/mol. The van der Waals surface area contributed by atoms with Crippen molar-refractivity contribution in [1.29, 1.82) is 5.26 Å². The molecular formula is C13H11NO3. The average Bonchev–Trinajstić information content (AvgIpc) is 2.33. The van der Waals surface area contributed by atoms with Gasteiger partial charge in [-0.25, -0.2) is 0 Å². The standard InChI is InChI=1S/C13H11NO3/c1-3-7-16-12-6-4-5-11(8-12)13(9-14)17-10(2)15/h1,4-6,8,13H,7H2,2H3. The number of carbonyl (C=O) groups is 1. The number of nitrogens with zero attached hydrogens (tertiary/aromatic N) is 1. The van der Waals surface area contributed by atoms with Crippen molar-refractivity contribution < 1.29 is 14.3 Å². The minimum absolute atomic E-state index is 0.147. The molecule has 17 heavy (non-hydrogen) atoms. The van der Waals surface area contributed by atoms with Gasteiger partial charge in [0, 0.05) is 12.5 Å². The summed E-state index contributed by atoms with van der Waals surface area (Å²) in [5.74, 6) is 2.37.